The number of nitrogens with one attached hydrogen (secondary N) is 1. The van der Waals surface area contributed by atoms with Gasteiger partial charge in [0.2, 0.25) is 0 Å². The van der Waals surface area contributed by atoms with E-state index in [2.05, 4.69) is 49.6 Å². The standard InChI is InChI=1S/C15H15BrN4S/c1-10(14-12(16)5-9-21-14)19-13-4-3-6-18-15(13)20-8-7-17-11(20)2/h3-10,19H,1-2H3. The Morgan fingerprint density at radius 1 is 1.29 bits per heavy atom. The second-order valence-corrected chi connectivity index (χ2v) is 6.52. The van der Waals surface area contributed by atoms with Gasteiger partial charge in [-0.2, -0.15) is 0 Å². The van der Waals surface area contributed by atoms with Crippen molar-refractivity contribution in [2.75, 3.05) is 5.32 Å². The van der Waals surface area contributed by atoms with Crippen molar-refractivity contribution in [3.63, 3.8) is 0 Å². The quantitative estimate of drug-likeness (QED) is 0.738. The minimum Gasteiger partial charge on any atom is -0.375 e. The smallest absolute Gasteiger partial charge is 0.161 e. The molecule has 0 aliphatic rings. The number of rotatable bonds is 4. The Kier molecular flexibility index (Phi) is 4.07. The Morgan fingerprint density at radius 2 is 2.14 bits per heavy atom. The molecule has 4 nitrogen and oxygen atoms in total. The zero-order valence-electron chi connectivity index (χ0n) is 11.7. The molecule has 0 aliphatic heterocycles. The topological polar surface area (TPSA) is 42.7 Å². The Balaban J connectivity index is 1.93. The summed E-state index contributed by atoms with van der Waals surface area (Å²) in [4.78, 5) is 10.0. The zero-order valence-corrected chi connectivity index (χ0v) is 14.1. The van der Waals surface area contributed by atoms with Crippen molar-refractivity contribution in [1.29, 1.82) is 0 Å². The van der Waals surface area contributed by atoms with Crippen LogP contribution in [0.5, 0.6) is 0 Å². The normalized spacial score (nSPS) is 12.3. The fourth-order valence-corrected chi connectivity index (χ4v) is 3.94. The number of hydrogen-bond acceptors (Lipinski definition) is 4. The summed E-state index contributed by atoms with van der Waals surface area (Å²) in [5, 5.41) is 5.62. The molecular weight excluding hydrogens is 348 g/mol. The summed E-state index contributed by atoms with van der Waals surface area (Å²) >= 11 is 5.32. The molecule has 21 heavy (non-hydrogen) atoms. The molecule has 108 valence electrons. The van der Waals surface area contributed by atoms with Gasteiger partial charge in [0.05, 0.1) is 11.7 Å². The predicted molar refractivity (Wildman–Crippen MR) is 90.2 cm³/mol. The van der Waals surface area contributed by atoms with Crippen molar-refractivity contribution in [3.05, 3.63) is 57.3 Å². The monoisotopic (exact) mass is 362 g/mol. The van der Waals surface area contributed by atoms with Gasteiger partial charge in [-0.25, -0.2) is 9.97 Å². The summed E-state index contributed by atoms with van der Waals surface area (Å²) < 4.78 is 3.12. The Morgan fingerprint density at radius 3 is 2.81 bits per heavy atom. The van der Waals surface area contributed by atoms with Crippen molar-refractivity contribution < 1.29 is 0 Å². The summed E-state index contributed by atoms with van der Waals surface area (Å²) in [5.74, 6) is 1.79. The summed E-state index contributed by atoms with van der Waals surface area (Å²) in [6, 6.07) is 6.25. The number of aromatic nitrogens is 3. The molecule has 0 aromatic carbocycles. The summed E-state index contributed by atoms with van der Waals surface area (Å²) in [6.45, 7) is 4.12. The van der Waals surface area contributed by atoms with Gasteiger partial charge in [-0.15, -0.1) is 11.3 Å². The van der Waals surface area contributed by atoms with Gasteiger partial charge in [-0.05, 0) is 53.4 Å². The molecule has 3 heterocycles. The van der Waals surface area contributed by atoms with Crippen LogP contribution in [0.4, 0.5) is 5.69 Å². The maximum absolute atomic E-state index is 4.49. The third kappa shape index (κ3) is 2.87. The first-order valence-corrected chi connectivity index (χ1v) is 8.29. The van der Waals surface area contributed by atoms with Crippen molar-refractivity contribution in [1.82, 2.24) is 14.5 Å². The van der Waals surface area contributed by atoms with E-state index < -0.39 is 0 Å². The molecular formula is C15H15BrN4S. The van der Waals surface area contributed by atoms with Crippen LogP contribution in [0.15, 0.2) is 46.6 Å². The number of thiophene rings is 1. The maximum atomic E-state index is 4.49. The molecule has 0 amide bonds. The van der Waals surface area contributed by atoms with Gasteiger partial charge in [-0.1, -0.05) is 0 Å². The van der Waals surface area contributed by atoms with E-state index in [9.17, 15) is 0 Å². The number of imidazole rings is 1. The van der Waals surface area contributed by atoms with Gasteiger partial charge >= 0.3 is 0 Å². The molecule has 0 bridgehead atoms. The van der Waals surface area contributed by atoms with Gasteiger partial charge in [0.15, 0.2) is 5.82 Å². The molecule has 6 heteroatoms. The number of hydrogen-bond donors (Lipinski definition) is 1. The zero-order chi connectivity index (χ0) is 14.8. The SMILES string of the molecule is Cc1nccn1-c1ncccc1NC(C)c1sccc1Br. The van der Waals surface area contributed by atoms with Crippen LogP contribution in [0.3, 0.4) is 0 Å². The molecule has 0 spiro atoms. The summed E-state index contributed by atoms with van der Waals surface area (Å²) in [7, 11) is 0. The van der Waals surface area contributed by atoms with Crippen LogP contribution < -0.4 is 5.32 Å². The van der Waals surface area contributed by atoms with Crippen molar-refractivity contribution in [2.45, 2.75) is 19.9 Å². The van der Waals surface area contributed by atoms with E-state index in [0.717, 1.165) is 21.8 Å². The van der Waals surface area contributed by atoms with Gasteiger partial charge in [-0.3, -0.25) is 4.57 Å². The average molecular weight is 363 g/mol. The fraction of sp³-hybridized carbons (Fsp3) is 0.200. The number of halogens is 1. The van der Waals surface area contributed by atoms with Crippen LogP contribution in [0.2, 0.25) is 0 Å². The first-order chi connectivity index (χ1) is 10.2. The van der Waals surface area contributed by atoms with Crippen LogP contribution >= 0.6 is 27.3 Å². The molecule has 0 radical (unpaired) electrons. The van der Waals surface area contributed by atoms with E-state index >= 15 is 0 Å². The van der Waals surface area contributed by atoms with E-state index in [0.29, 0.717) is 0 Å². The third-order valence-corrected chi connectivity index (χ3v) is 5.30. The van der Waals surface area contributed by atoms with Crippen LogP contribution in [0.25, 0.3) is 5.82 Å². The minimum atomic E-state index is 0.200. The molecule has 3 rings (SSSR count). The molecule has 3 aromatic rings. The lowest BCUT2D eigenvalue weighted by molar-refractivity contribution is 0.879. The first kappa shape index (κ1) is 14.3. The fourth-order valence-electron chi connectivity index (χ4n) is 2.22. The lowest BCUT2D eigenvalue weighted by Crippen LogP contribution is -2.10. The molecule has 0 fully saturated rings. The Bertz CT molecular complexity index is 749. The lowest BCUT2D eigenvalue weighted by Gasteiger charge is -2.17. The van der Waals surface area contributed by atoms with E-state index in [4.69, 9.17) is 0 Å². The van der Waals surface area contributed by atoms with E-state index in [1.54, 1.807) is 23.7 Å². The van der Waals surface area contributed by atoms with Crippen molar-refractivity contribution in [2.24, 2.45) is 0 Å². The molecule has 0 aliphatic carbocycles. The van der Waals surface area contributed by atoms with Gasteiger partial charge < -0.3 is 5.32 Å². The minimum absolute atomic E-state index is 0.200. The van der Waals surface area contributed by atoms with Gasteiger partial charge in [0.1, 0.15) is 5.82 Å². The molecule has 1 unspecified atom stereocenters. The van der Waals surface area contributed by atoms with Gasteiger partial charge in [0, 0.05) is 27.9 Å². The predicted octanol–water partition coefficient (Wildman–Crippen LogP) is 4.57. The van der Waals surface area contributed by atoms with Crippen molar-refractivity contribution >= 4 is 33.0 Å². The van der Waals surface area contributed by atoms with E-state index in [1.165, 1.54) is 4.88 Å². The number of anilines is 1. The Labute approximate surface area is 136 Å². The highest BCUT2D eigenvalue weighted by Gasteiger charge is 2.14. The molecule has 1 N–H and O–H groups in total. The highest BCUT2D eigenvalue weighted by molar-refractivity contribution is 9.10. The molecule has 3 aromatic heterocycles. The average Bonchev–Trinajstić information content (AvgIpc) is 3.08. The van der Waals surface area contributed by atoms with Crippen LogP contribution in [-0.4, -0.2) is 14.5 Å². The maximum Gasteiger partial charge on any atom is 0.161 e. The van der Waals surface area contributed by atoms with E-state index in [-0.39, 0.29) is 6.04 Å². The third-order valence-electron chi connectivity index (χ3n) is 3.25. The van der Waals surface area contributed by atoms with Crippen LogP contribution in [0, 0.1) is 6.92 Å². The number of nitrogens with zero attached hydrogens (tertiary/aromatic N) is 3. The summed E-state index contributed by atoms with van der Waals surface area (Å²) in [6.07, 6.45) is 5.51. The van der Waals surface area contributed by atoms with Crippen LogP contribution in [-0.2, 0) is 0 Å². The molecule has 1 atom stereocenters. The lowest BCUT2D eigenvalue weighted by atomic mass is 10.2. The number of aryl methyl sites for hydroxylation is 1. The summed E-state index contributed by atoms with van der Waals surface area (Å²) in [5.41, 5.74) is 0.992. The molecule has 0 saturated heterocycles. The largest absolute Gasteiger partial charge is 0.375 e. The molecule has 0 saturated carbocycles. The van der Waals surface area contributed by atoms with E-state index in [1.807, 2.05) is 29.8 Å². The first-order valence-electron chi connectivity index (χ1n) is 6.61. The second-order valence-electron chi connectivity index (χ2n) is 4.72. The Hall–Kier alpha value is -1.66. The highest BCUT2D eigenvalue weighted by atomic mass is 79.9. The second kappa shape index (κ2) is 5.99. The van der Waals surface area contributed by atoms with Crippen LogP contribution in [0.1, 0.15) is 23.7 Å². The highest BCUT2D eigenvalue weighted by Crippen LogP contribution is 2.32. The van der Waals surface area contributed by atoms with Crippen molar-refractivity contribution in [3.8, 4) is 5.82 Å². The van der Waals surface area contributed by atoms with Gasteiger partial charge in [0.25, 0.3) is 0 Å². The number of pyridine rings is 1.